The Morgan fingerprint density at radius 2 is 1.64 bits per heavy atom. The lowest BCUT2D eigenvalue weighted by molar-refractivity contribution is -0.120. The number of rotatable bonds is 8. The summed E-state index contributed by atoms with van der Waals surface area (Å²) in [6, 6.07) is 20.1. The molecule has 0 saturated carbocycles. The maximum Gasteiger partial charge on any atom is 0.234 e. The molecule has 4 N–H and O–H groups in total. The van der Waals surface area contributed by atoms with Crippen LogP contribution in [0, 0.1) is 0 Å². The van der Waals surface area contributed by atoms with E-state index >= 15 is 0 Å². The zero-order valence-corrected chi connectivity index (χ0v) is 13.9. The third-order valence-electron chi connectivity index (χ3n) is 4.28. The van der Waals surface area contributed by atoms with Gasteiger partial charge in [0.15, 0.2) is 0 Å². The summed E-state index contributed by atoms with van der Waals surface area (Å²) < 4.78 is 0. The number of hydrogen-bond donors (Lipinski definition) is 3. The largest absolute Gasteiger partial charge is 0.368 e. The van der Waals surface area contributed by atoms with Crippen LogP contribution < -0.4 is 11.1 Å². The summed E-state index contributed by atoms with van der Waals surface area (Å²) >= 11 is 0. The van der Waals surface area contributed by atoms with Gasteiger partial charge < -0.3 is 16.0 Å². The van der Waals surface area contributed by atoms with Gasteiger partial charge in [-0.05, 0) is 11.1 Å². The van der Waals surface area contributed by atoms with Crippen LogP contribution >= 0.6 is 0 Å². The van der Waals surface area contributed by atoms with E-state index in [1.54, 1.807) is 12.5 Å². The number of nitrogens with one attached hydrogen (secondary N) is 2. The van der Waals surface area contributed by atoms with Crippen LogP contribution in [0.2, 0.25) is 0 Å². The number of carbonyl (C=O) groups is 1. The summed E-state index contributed by atoms with van der Waals surface area (Å²) in [6.45, 7) is 0.617. The molecule has 1 aromatic heterocycles. The first kappa shape index (κ1) is 16.9. The molecular weight excluding hydrogens is 312 g/mol. The number of primary amides is 1. The van der Waals surface area contributed by atoms with Crippen molar-refractivity contribution in [3.8, 4) is 0 Å². The normalized spacial score (nSPS) is 12.2. The second-order valence-corrected chi connectivity index (χ2v) is 6.00. The number of hydrogen-bond acceptors (Lipinski definition) is 3. The molecule has 25 heavy (non-hydrogen) atoms. The summed E-state index contributed by atoms with van der Waals surface area (Å²) in [5.41, 5.74) is 8.79. The lowest BCUT2D eigenvalue weighted by Crippen LogP contribution is -2.44. The second kappa shape index (κ2) is 8.26. The van der Waals surface area contributed by atoms with Crippen molar-refractivity contribution in [3.63, 3.8) is 0 Å². The number of aromatic amines is 1. The van der Waals surface area contributed by atoms with Gasteiger partial charge in [0.25, 0.3) is 0 Å². The molecule has 2 aromatic carbocycles. The molecule has 128 valence electrons. The molecule has 0 spiro atoms. The predicted molar refractivity (Wildman–Crippen MR) is 98.0 cm³/mol. The number of nitrogens with two attached hydrogens (primary N) is 1. The molecule has 0 aliphatic carbocycles. The van der Waals surface area contributed by atoms with E-state index in [9.17, 15) is 4.79 Å². The van der Waals surface area contributed by atoms with E-state index in [1.807, 2.05) is 36.4 Å². The molecule has 3 aromatic rings. The minimum atomic E-state index is -0.460. The van der Waals surface area contributed by atoms with Gasteiger partial charge in [0, 0.05) is 25.1 Å². The molecule has 5 heteroatoms. The van der Waals surface area contributed by atoms with Crippen LogP contribution in [0.25, 0.3) is 0 Å². The van der Waals surface area contributed by atoms with Gasteiger partial charge in [-0.3, -0.25) is 4.79 Å². The Morgan fingerprint density at radius 1 is 1.04 bits per heavy atom. The molecule has 0 radical (unpaired) electrons. The Kier molecular flexibility index (Phi) is 5.59. The van der Waals surface area contributed by atoms with Crippen LogP contribution in [0.5, 0.6) is 0 Å². The minimum Gasteiger partial charge on any atom is -0.368 e. The van der Waals surface area contributed by atoms with Gasteiger partial charge in [-0.25, -0.2) is 4.98 Å². The van der Waals surface area contributed by atoms with E-state index in [4.69, 9.17) is 5.73 Å². The van der Waals surface area contributed by atoms with Crippen molar-refractivity contribution in [3.05, 3.63) is 90.0 Å². The molecule has 1 amide bonds. The molecule has 0 aliphatic heterocycles. The van der Waals surface area contributed by atoms with Crippen molar-refractivity contribution in [1.82, 2.24) is 15.3 Å². The van der Waals surface area contributed by atoms with Gasteiger partial charge in [0.05, 0.1) is 18.1 Å². The molecule has 5 nitrogen and oxygen atoms in total. The Labute approximate surface area is 147 Å². The first-order valence-corrected chi connectivity index (χ1v) is 8.34. The molecule has 1 heterocycles. The van der Waals surface area contributed by atoms with E-state index in [0.717, 1.165) is 5.69 Å². The van der Waals surface area contributed by atoms with Crippen LogP contribution in [-0.2, 0) is 11.2 Å². The fourth-order valence-corrected chi connectivity index (χ4v) is 2.94. The van der Waals surface area contributed by atoms with Crippen molar-refractivity contribution in [2.75, 3.05) is 6.54 Å². The van der Waals surface area contributed by atoms with Gasteiger partial charge >= 0.3 is 0 Å². The van der Waals surface area contributed by atoms with Crippen LogP contribution in [-0.4, -0.2) is 28.5 Å². The zero-order chi connectivity index (χ0) is 17.5. The summed E-state index contributed by atoms with van der Waals surface area (Å²) in [6.07, 6.45) is 3.85. The number of aromatic nitrogens is 2. The maximum atomic E-state index is 11.8. The number of nitrogens with zero attached hydrogens (tertiary/aromatic N) is 1. The lowest BCUT2D eigenvalue weighted by Gasteiger charge is -2.22. The number of imidazole rings is 1. The van der Waals surface area contributed by atoms with Gasteiger partial charge in [-0.2, -0.15) is 0 Å². The Balaban J connectivity index is 1.76. The average Bonchev–Trinajstić information content (AvgIpc) is 3.16. The predicted octanol–water partition coefficient (Wildman–Crippen LogP) is 2.23. The molecule has 0 bridgehead atoms. The third kappa shape index (κ3) is 4.55. The minimum absolute atomic E-state index is 0.142. The van der Waals surface area contributed by atoms with E-state index in [1.165, 1.54) is 11.1 Å². The quantitative estimate of drug-likeness (QED) is 0.591. The van der Waals surface area contributed by atoms with E-state index in [-0.39, 0.29) is 11.8 Å². The van der Waals surface area contributed by atoms with Crippen molar-refractivity contribution in [2.45, 2.75) is 18.4 Å². The second-order valence-electron chi connectivity index (χ2n) is 6.00. The summed E-state index contributed by atoms with van der Waals surface area (Å²) in [5.74, 6) is -0.230. The van der Waals surface area contributed by atoms with E-state index in [0.29, 0.717) is 13.0 Å². The van der Waals surface area contributed by atoms with Crippen LogP contribution in [0.4, 0.5) is 0 Å². The Bertz CT molecular complexity index is 732. The SMILES string of the molecule is NC(=O)[C@H](Cc1c[nH]cn1)NCC(c1ccccc1)c1ccccc1. The highest BCUT2D eigenvalue weighted by Crippen LogP contribution is 2.23. The van der Waals surface area contributed by atoms with Crippen molar-refractivity contribution in [1.29, 1.82) is 0 Å². The number of benzene rings is 2. The van der Waals surface area contributed by atoms with Gasteiger partial charge in [-0.15, -0.1) is 0 Å². The first-order valence-electron chi connectivity index (χ1n) is 8.34. The van der Waals surface area contributed by atoms with Crippen LogP contribution in [0.15, 0.2) is 73.2 Å². The lowest BCUT2D eigenvalue weighted by atomic mass is 9.91. The monoisotopic (exact) mass is 334 g/mol. The molecule has 0 unspecified atom stereocenters. The molecule has 3 rings (SSSR count). The van der Waals surface area contributed by atoms with E-state index < -0.39 is 6.04 Å². The fraction of sp³-hybridized carbons (Fsp3) is 0.200. The highest BCUT2D eigenvalue weighted by molar-refractivity contribution is 5.80. The topological polar surface area (TPSA) is 83.8 Å². The standard InChI is InChI=1S/C20H22N4O/c21-20(25)19(11-17-12-22-14-24-17)23-13-18(15-7-3-1-4-8-15)16-9-5-2-6-10-16/h1-10,12,14,18-19,23H,11,13H2,(H2,21,25)(H,22,24)/t19-/m0/s1. The van der Waals surface area contributed by atoms with Gasteiger partial charge in [0.1, 0.15) is 0 Å². The average molecular weight is 334 g/mol. The number of H-pyrrole nitrogens is 1. The van der Waals surface area contributed by atoms with Crippen LogP contribution in [0.3, 0.4) is 0 Å². The van der Waals surface area contributed by atoms with Gasteiger partial charge in [-0.1, -0.05) is 60.7 Å². The summed E-state index contributed by atoms with van der Waals surface area (Å²) in [7, 11) is 0. The highest BCUT2D eigenvalue weighted by Gasteiger charge is 2.20. The zero-order valence-electron chi connectivity index (χ0n) is 13.9. The molecule has 0 saturated heterocycles. The molecular formula is C20H22N4O. The smallest absolute Gasteiger partial charge is 0.234 e. The van der Waals surface area contributed by atoms with Gasteiger partial charge in [0.2, 0.25) is 5.91 Å². The highest BCUT2D eigenvalue weighted by atomic mass is 16.1. The maximum absolute atomic E-state index is 11.8. The van der Waals surface area contributed by atoms with Crippen molar-refractivity contribution in [2.24, 2.45) is 5.73 Å². The molecule has 0 fully saturated rings. The van der Waals surface area contributed by atoms with Crippen LogP contribution in [0.1, 0.15) is 22.7 Å². The van der Waals surface area contributed by atoms with E-state index in [2.05, 4.69) is 39.6 Å². The molecule has 1 atom stereocenters. The third-order valence-corrected chi connectivity index (χ3v) is 4.28. The summed E-state index contributed by atoms with van der Waals surface area (Å²) in [5, 5.41) is 3.33. The Morgan fingerprint density at radius 3 is 2.12 bits per heavy atom. The Hall–Kier alpha value is -2.92. The van der Waals surface area contributed by atoms with Crippen molar-refractivity contribution >= 4 is 5.91 Å². The first-order chi connectivity index (χ1) is 12.2. The number of carbonyl (C=O) groups excluding carboxylic acids is 1. The number of amides is 1. The fourth-order valence-electron chi connectivity index (χ4n) is 2.94. The van der Waals surface area contributed by atoms with Crippen molar-refractivity contribution < 1.29 is 4.79 Å². The molecule has 0 aliphatic rings. The summed E-state index contributed by atoms with van der Waals surface area (Å²) in [4.78, 5) is 18.9.